The highest BCUT2D eigenvalue weighted by molar-refractivity contribution is 7.71. The first-order chi connectivity index (χ1) is 8.67. The first-order valence-corrected chi connectivity index (χ1v) is 6.36. The van der Waals surface area contributed by atoms with Gasteiger partial charge in [0, 0.05) is 16.1 Å². The number of halogens is 1. The molecule has 1 aromatic heterocycles. The van der Waals surface area contributed by atoms with E-state index in [2.05, 4.69) is 9.97 Å². The van der Waals surface area contributed by atoms with Gasteiger partial charge in [0.2, 0.25) is 0 Å². The highest BCUT2D eigenvalue weighted by Gasteiger charge is 2.12. The lowest BCUT2D eigenvalue weighted by Gasteiger charge is -2.12. The predicted octanol–water partition coefficient (Wildman–Crippen LogP) is 4.03. The Balaban J connectivity index is 2.72. The van der Waals surface area contributed by atoms with Gasteiger partial charge in [0.1, 0.15) is 10.4 Å². The molecule has 0 bridgehead atoms. The second-order valence-electron chi connectivity index (χ2n) is 3.76. The van der Waals surface area contributed by atoms with E-state index in [1.165, 1.54) is 0 Å². The summed E-state index contributed by atoms with van der Waals surface area (Å²) in [6, 6.07) is 5.50. The van der Waals surface area contributed by atoms with Gasteiger partial charge in [-0.05, 0) is 24.6 Å². The number of methoxy groups -OCH3 is 1. The monoisotopic (exact) mass is 280 g/mol. The van der Waals surface area contributed by atoms with E-state index in [0.29, 0.717) is 9.66 Å². The van der Waals surface area contributed by atoms with E-state index in [4.69, 9.17) is 28.6 Å². The smallest absolute Gasteiger partial charge is 0.133 e. The lowest BCUT2D eigenvalue weighted by molar-refractivity contribution is 0.416. The molecule has 5 heteroatoms. The summed E-state index contributed by atoms with van der Waals surface area (Å²) in [5.41, 5.74) is 2.81. The Labute approximate surface area is 116 Å². The molecule has 1 heterocycles. The number of hydrogen-bond donors (Lipinski definition) is 1. The van der Waals surface area contributed by atoms with Crippen molar-refractivity contribution < 1.29 is 4.74 Å². The number of rotatable bonds is 3. The van der Waals surface area contributed by atoms with Crippen molar-refractivity contribution in [1.29, 1.82) is 0 Å². The van der Waals surface area contributed by atoms with Crippen LogP contribution in [0.1, 0.15) is 12.5 Å². The number of ether oxygens (including phenoxy) is 1. The number of benzene rings is 1. The fraction of sp³-hybridized carbons (Fsp3) is 0.231. The molecule has 2 rings (SSSR count). The summed E-state index contributed by atoms with van der Waals surface area (Å²) in [5, 5.41) is 0.656. The molecule has 0 saturated heterocycles. The van der Waals surface area contributed by atoms with Crippen LogP contribution in [-0.2, 0) is 6.42 Å². The van der Waals surface area contributed by atoms with Crippen LogP contribution in [0.25, 0.3) is 11.3 Å². The molecule has 0 aliphatic heterocycles. The molecule has 0 spiro atoms. The van der Waals surface area contributed by atoms with Gasteiger partial charge in [0.05, 0.1) is 19.1 Å². The van der Waals surface area contributed by atoms with E-state index in [9.17, 15) is 0 Å². The van der Waals surface area contributed by atoms with Gasteiger partial charge >= 0.3 is 0 Å². The van der Waals surface area contributed by atoms with Crippen molar-refractivity contribution in [3.63, 3.8) is 0 Å². The summed E-state index contributed by atoms with van der Waals surface area (Å²) in [7, 11) is 1.63. The third-order valence-electron chi connectivity index (χ3n) is 2.74. The van der Waals surface area contributed by atoms with Gasteiger partial charge in [-0.25, -0.2) is 4.98 Å². The van der Waals surface area contributed by atoms with Crippen molar-refractivity contribution in [2.24, 2.45) is 0 Å². The van der Waals surface area contributed by atoms with Crippen molar-refractivity contribution in [2.45, 2.75) is 13.3 Å². The lowest BCUT2D eigenvalue weighted by Crippen LogP contribution is -1.97. The molecule has 0 amide bonds. The zero-order valence-corrected chi connectivity index (χ0v) is 11.7. The number of aromatic nitrogens is 2. The van der Waals surface area contributed by atoms with Crippen molar-refractivity contribution in [1.82, 2.24) is 9.97 Å². The molecular weight excluding hydrogens is 268 g/mol. The fourth-order valence-corrected chi connectivity index (χ4v) is 2.34. The van der Waals surface area contributed by atoms with Crippen molar-refractivity contribution in [3.05, 3.63) is 39.8 Å². The van der Waals surface area contributed by atoms with Crippen LogP contribution in [0.3, 0.4) is 0 Å². The van der Waals surface area contributed by atoms with Crippen LogP contribution < -0.4 is 4.74 Å². The number of hydrogen-bond acceptors (Lipinski definition) is 3. The summed E-state index contributed by atoms with van der Waals surface area (Å²) < 4.78 is 5.97. The molecule has 94 valence electrons. The maximum absolute atomic E-state index is 6.05. The minimum absolute atomic E-state index is 0.605. The Bertz CT molecular complexity index is 625. The van der Waals surface area contributed by atoms with Crippen LogP contribution in [0, 0.1) is 4.64 Å². The minimum atomic E-state index is 0.605. The van der Waals surface area contributed by atoms with Gasteiger partial charge in [0.15, 0.2) is 0 Å². The first-order valence-electron chi connectivity index (χ1n) is 5.57. The van der Waals surface area contributed by atoms with E-state index >= 15 is 0 Å². The molecular formula is C13H13ClN2OS. The first kappa shape index (κ1) is 13.1. The normalized spacial score (nSPS) is 10.4. The molecule has 0 aliphatic rings. The third kappa shape index (κ3) is 2.40. The predicted molar refractivity (Wildman–Crippen MR) is 75.8 cm³/mol. The Kier molecular flexibility index (Phi) is 3.99. The minimum Gasteiger partial charge on any atom is -0.496 e. The maximum atomic E-state index is 6.05. The summed E-state index contributed by atoms with van der Waals surface area (Å²) in [6.07, 6.45) is 2.39. The van der Waals surface area contributed by atoms with E-state index in [0.717, 1.165) is 29.0 Å². The topological polar surface area (TPSA) is 37.9 Å². The van der Waals surface area contributed by atoms with Crippen LogP contribution in [0.2, 0.25) is 5.02 Å². The summed E-state index contributed by atoms with van der Waals surface area (Å²) in [4.78, 5) is 7.23. The van der Waals surface area contributed by atoms with Gasteiger partial charge in [-0.15, -0.1) is 0 Å². The van der Waals surface area contributed by atoms with Gasteiger partial charge in [-0.1, -0.05) is 30.7 Å². The van der Waals surface area contributed by atoms with Crippen LogP contribution >= 0.6 is 23.8 Å². The van der Waals surface area contributed by atoms with E-state index in [1.54, 1.807) is 19.5 Å². The average Bonchev–Trinajstić information content (AvgIpc) is 2.38. The number of nitrogens with zero attached hydrogens (tertiary/aromatic N) is 1. The number of nitrogens with one attached hydrogen (secondary N) is 1. The fourth-order valence-electron chi connectivity index (χ4n) is 1.87. The molecule has 0 fully saturated rings. The van der Waals surface area contributed by atoms with Gasteiger partial charge in [-0.3, -0.25) is 0 Å². The Morgan fingerprint density at radius 1 is 1.44 bits per heavy atom. The molecule has 1 aromatic carbocycles. The van der Waals surface area contributed by atoms with E-state index < -0.39 is 0 Å². The standard InChI is InChI=1S/C13H13ClN2OS/c1-3-9-12(15-7-16-13(9)18)10-6-8(14)4-5-11(10)17-2/h4-7H,3H2,1-2H3,(H,15,16,18). The second kappa shape index (κ2) is 5.50. The molecule has 0 atom stereocenters. The zero-order chi connectivity index (χ0) is 13.1. The maximum Gasteiger partial charge on any atom is 0.133 e. The Morgan fingerprint density at radius 3 is 2.89 bits per heavy atom. The van der Waals surface area contributed by atoms with E-state index in [-0.39, 0.29) is 0 Å². The molecule has 2 aromatic rings. The average molecular weight is 281 g/mol. The summed E-state index contributed by atoms with van der Waals surface area (Å²) >= 11 is 11.3. The third-order valence-corrected chi connectivity index (χ3v) is 3.32. The van der Waals surface area contributed by atoms with E-state index in [1.807, 2.05) is 19.1 Å². The summed E-state index contributed by atoms with van der Waals surface area (Å²) in [5.74, 6) is 0.756. The number of H-pyrrole nitrogens is 1. The second-order valence-corrected chi connectivity index (χ2v) is 4.58. The summed E-state index contributed by atoms with van der Waals surface area (Å²) in [6.45, 7) is 2.04. The van der Waals surface area contributed by atoms with Crippen LogP contribution in [0.5, 0.6) is 5.75 Å². The molecule has 1 N–H and O–H groups in total. The molecule has 0 unspecified atom stereocenters. The van der Waals surface area contributed by atoms with Crippen molar-refractivity contribution >= 4 is 23.8 Å². The number of aromatic amines is 1. The van der Waals surface area contributed by atoms with Crippen LogP contribution in [-0.4, -0.2) is 17.1 Å². The SMILES string of the molecule is CCc1c(-c2cc(Cl)ccc2OC)[nH]cnc1=S. The van der Waals surface area contributed by atoms with Gasteiger partial charge in [-0.2, -0.15) is 0 Å². The molecule has 18 heavy (non-hydrogen) atoms. The van der Waals surface area contributed by atoms with Crippen molar-refractivity contribution in [2.75, 3.05) is 7.11 Å². The largest absolute Gasteiger partial charge is 0.496 e. The van der Waals surface area contributed by atoms with Crippen molar-refractivity contribution in [3.8, 4) is 17.0 Å². The van der Waals surface area contributed by atoms with Crippen LogP contribution in [0.4, 0.5) is 0 Å². The zero-order valence-electron chi connectivity index (χ0n) is 10.2. The molecule has 3 nitrogen and oxygen atoms in total. The quantitative estimate of drug-likeness (QED) is 0.863. The Hall–Kier alpha value is -1.39. The molecule has 0 aliphatic carbocycles. The lowest BCUT2D eigenvalue weighted by atomic mass is 10.0. The van der Waals surface area contributed by atoms with Gasteiger partial charge in [0.25, 0.3) is 0 Å². The highest BCUT2D eigenvalue weighted by atomic mass is 35.5. The molecule has 0 radical (unpaired) electrons. The van der Waals surface area contributed by atoms with Crippen LogP contribution in [0.15, 0.2) is 24.5 Å². The highest BCUT2D eigenvalue weighted by Crippen LogP contribution is 2.33. The molecule has 0 saturated carbocycles. The Morgan fingerprint density at radius 2 is 2.22 bits per heavy atom. The van der Waals surface area contributed by atoms with Gasteiger partial charge < -0.3 is 9.72 Å².